The van der Waals surface area contributed by atoms with E-state index in [9.17, 15) is 4.79 Å². The van der Waals surface area contributed by atoms with Crippen LogP contribution in [0.5, 0.6) is 0 Å². The number of hydrogen-bond donors (Lipinski definition) is 1. The monoisotopic (exact) mass is 477 g/mol. The van der Waals surface area contributed by atoms with Crippen LogP contribution in [0.1, 0.15) is 33.8 Å². The van der Waals surface area contributed by atoms with E-state index < -0.39 is 0 Å². The lowest BCUT2D eigenvalue weighted by atomic mass is 10.0. The van der Waals surface area contributed by atoms with Gasteiger partial charge in [0.2, 0.25) is 0 Å². The Morgan fingerprint density at radius 3 is 2.55 bits per heavy atom. The molecular formula is C26H24ClN3O2S. The van der Waals surface area contributed by atoms with Gasteiger partial charge in [-0.25, -0.2) is 0 Å². The summed E-state index contributed by atoms with van der Waals surface area (Å²) >= 11 is 7.15. The molecule has 0 saturated carbocycles. The first-order valence-electron chi connectivity index (χ1n) is 11.1. The van der Waals surface area contributed by atoms with Gasteiger partial charge >= 0.3 is 0 Å². The average Bonchev–Trinajstić information content (AvgIpc) is 3.61. The summed E-state index contributed by atoms with van der Waals surface area (Å²) in [7, 11) is 0. The molecule has 1 aliphatic heterocycles. The molecule has 0 unspecified atom stereocenters. The molecule has 7 heteroatoms. The Hall–Kier alpha value is -2.93. The molecule has 0 spiro atoms. The van der Waals surface area contributed by atoms with E-state index in [0.717, 1.165) is 23.4 Å². The Balaban J connectivity index is 1.24. The number of carbonyl (C=O) groups excluding carboxylic acids is 1. The van der Waals surface area contributed by atoms with Gasteiger partial charge in [-0.3, -0.25) is 9.69 Å². The van der Waals surface area contributed by atoms with Crippen molar-refractivity contribution in [3.05, 3.63) is 87.3 Å². The zero-order chi connectivity index (χ0) is 22.6. The number of thiophene rings is 1. The Bertz CT molecular complexity index is 1240. The normalized spacial score (nSPS) is 14.0. The first-order valence-corrected chi connectivity index (χ1v) is 12.2. The number of halogens is 1. The summed E-state index contributed by atoms with van der Waals surface area (Å²) < 4.78 is 6.03. The number of nitrogens with zero attached hydrogens (tertiary/aromatic N) is 2. The maximum absolute atomic E-state index is 12.2. The summed E-state index contributed by atoms with van der Waals surface area (Å²) in [6, 6.07) is 22.3. The van der Waals surface area contributed by atoms with Crippen molar-refractivity contribution < 1.29 is 9.32 Å². The highest BCUT2D eigenvalue weighted by atomic mass is 35.5. The lowest BCUT2D eigenvalue weighted by Crippen LogP contribution is -2.21. The van der Waals surface area contributed by atoms with E-state index >= 15 is 0 Å². The quantitative estimate of drug-likeness (QED) is 0.342. The van der Waals surface area contributed by atoms with Gasteiger partial charge in [-0.2, -0.15) is 0 Å². The van der Waals surface area contributed by atoms with Gasteiger partial charge < -0.3 is 9.84 Å². The highest BCUT2D eigenvalue weighted by molar-refractivity contribution is 7.17. The second-order valence-electron chi connectivity index (χ2n) is 8.23. The van der Waals surface area contributed by atoms with Crippen molar-refractivity contribution in [1.29, 1.82) is 0 Å². The molecule has 1 saturated heterocycles. The maximum atomic E-state index is 12.2. The van der Waals surface area contributed by atoms with E-state index in [0.29, 0.717) is 15.0 Å². The summed E-state index contributed by atoms with van der Waals surface area (Å²) in [5.74, 6) is 0.415. The third-order valence-electron chi connectivity index (χ3n) is 5.83. The Morgan fingerprint density at radius 2 is 1.79 bits per heavy atom. The third-order valence-corrected chi connectivity index (χ3v) is 7.06. The molecule has 5 nitrogen and oxygen atoms in total. The summed E-state index contributed by atoms with van der Waals surface area (Å²) in [6.07, 6.45) is 2.62. The fourth-order valence-corrected chi connectivity index (χ4v) is 5.04. The van der Waals surface area contributed by atoms with Gasteiger partial charge in [0.1, 0.15) is 5.69 Å². The van der Waals surface area contributed by atoms with E-state index in [-0.39, 0.29) is 12.5 Å². The smallest absolute Gasteiger partial charge is 0.261 e. The fraction of sp³-hybridized carbons (Fsp3) is 0.231. The molecule has 0 aliphatic carbocycles. The van der Waals surface area contributed by atoms with Crippen LogP contribution in [0.15, 0.2) is 71.3 Å². The van der Waals surface area contributed by atoms with Crippen molar-refractivity contribution in [3.8, 4) is 22.4 Å². The zero-order valence-electron chi connectivity index (χ0n) is 18.1. The first kappa shape index (κ1) is 21.9. The van der Waals surface area contributed by atoms with E-state index in [1.807, 2.05) is 18.2 Å². The van der Waals surface area contributed by atoms with Crippen LogP contribution in [0, 0.1) is 0 Å². The number of carbonyl (C=O) groups is 1. The highest BCUT2D eigenvalue weighted by Crippen LogP contribution is 2.27. The van der Waals surface area contributed by atoms with E-state index in [4.69, 9.17) is 16.1 Å². The minimum absolute atomic E-state index is 0.181. The number of likely N-dealkylation sites (tertiary alicyclic amines) is 1. The van der Waals surface area contributed by atoms with Crippen LogP contribution in [-0.4, -0.2) is 29.1 Å². The minimum Gasteiger partial charge on any atom is -0.359 e. The SMILES string of the molecule is O=C(NCc1cc(-c2cccc(-c3ccc(CN4CCCC4)cc3)c2)no1)c1ccc(Cl)s1. The Kier molecular flexibility index (Phi) is 6.58. The van der Waals surface area contributed by atoms with Crippen molar-refractivity contribution in [3.63, 3.8) is 0 Å². The van der Waals surface area contributed by atoms with Crippen molar-refractivity contribution in [2.45, 2.75) is 25.9 Å². The molecule has 0 radical (unpaired) electrons. The van der Waals surface area contributed by atoms with Crippen LogP contribution in [0.2, 0.25) is 4.34 Å². The van der Waals surface area contributed by atoms with Gasteiger partial charge in [-0.15, -0.1) is 11.3 Å². The summed E-state index contributed by atoms with van der Waals surface area (Å²) in [5.41, 5.74) is 5.37. The number of nitrogens with one attached hydrogen (secondary N) is 1. The first-order chi connectivity index (χ1) is 16.1. The van der Waals surface area contributed by atoms with Crippen molar-refractivity contribution in [1.82, 2.24) is 15.4 Å². The summed E-state index contributed by atoms with van der Waals surface area (Å²) in [5, 5.41) is 7.03. The predicted molar refractivity (Wildman–Crippen MR) is 132 cm³/mol. The van der Waals surface area contributed by atoms with Crippen LogP contribution in [0.4, 0.5) is 0 Å². The third kappa shape index (κ3) is 5.36. The molecule has 2 aromatic heterocycles. The molecule has 1 amide bonds. The zero-order valence-corrected chi connectivity index (χ0v) is 19.7. The van der Waals surface area contributed by atoms with Gasteiger partial charge in [-0.1, -0.05) is 59.2 Å². The van der Waals surface area contributed by atoms with Gasteiger partial charge in [-0.05, 0) is 60.8 Å². The topological polar surface area (TPSA) is 58.4 Å². The molecule has 5 rings (SSSR count). The molecule has 4 aromatic rings. The average molecular weight is 478 g/mol. The highest BCUT2D eigenvalue weighted by Gasteiger charge is 2.13. The van der Waals surface area contributed by atoms with Crippen LogP contribution >= 0.6 is 22.9 Å². The maximum Gasteiger partial charge on any atom is 0.261 e. The van der Waals surface area contributed by atoms with E-state index in [1.165, 1.54) is 48.4 Å². The van der Waals surface area contributed by atoms with Crippen LogP contribution in [0.3, 0.4) is 0 Å². The molecule has 0 atom stereocenters. The Labute approximate surface area is 202 Å². The second kappa shape index (κ2) is 9.91. The van der Waals surface area contributed by atoms with Crippen LogP contribution < -0.4 is 5.32 Å². The molecule has 33 heavy (non-hydrogen) atoms. The van der Waals surface area contributed by atoms with Crippen molar-refractivity contribution in [2.75, 3.05) is 13.1 Å². The molecule has 168 valence electrons. The predicted octanol–water partition coefficient (Wildman–Crippen LogP) is 6.25. The van der Waals surface area contributed by atoms with Crippen LogP contribution in [-0.2, 0) is 13.1 Å². The standard InChI is InChI=1S/C26H24ClN3O2S/c27-25-11-10-24(33-25)26(31)28-16-22-15-23(29-32-22)21-5-3-4-20(14-21)19-8-6-18(7-9-19)17-30-12-1-2-13-30/h3-11,14-15H,1-2,12-13,16-17H2,(H,28,31). The van der Waals surface area contributed by atoms with Crippen molar-refractivity contribution >= 4 is 28.8 Å². The number of hydrogen-bond acceptors (Lipinski definition) is 5. The van der Waals surface area contributed by atoms with Gasteiger partial charge in [0.15, 0.2) is 5.76 Å². The number of rotatable bonds is 7. The minimum atomic E-state index is -0.181. The Morgan fingerprint density at radius 1 is 1.00 bits per heavy atom. The molecule has 1 N–H and O–H groups in total. The van der Waals surface area contributed by atoms with E-state index in [1.54, 1.807) is 12.1 Å². The largest absolute Gasteiger partial charge is 0.359 e. The summed E-state index contributed by atoms with van der Waals surface area (Å²) in [6.45, 7) is 3.70. The molecular weight excluding hydrogens is 454 g/mol. The van der Waals surface area contributed by atoms with Crippen molar-refractivity contribution in [2.24, 2.45) is 0 Å². The number of benzene rings is 2. The molecule has 1 aliphatic rings. The molecule has 0 bridgehead atoms. The lowest BCUT2D eigenvalue weighted by Gasteiger charge is -2.14. The van der Waals surface area contributed by atoms with Crippen LogP contribution in [0.25, 0.3) is 22.4 Å². The molecule has 1 fully saturated rings. The van der Waals surface area contributed by atoms with E-state index in [2.05, 4.69) is 51.8 Å². The van der Waals surface area contributed by atoms with Gasteiger partial charge in [0, 0.05) is 18.2 Å². The summed E-state index contributed by atoms with van der Waals surface area (Å²) in [4.78, 5) is 15.3. The number of aromatic nitrogens is 1. The molecule has 2 aromatic carbocycles. The van der Waals surface area contributed by atoms with Gasteiger partial charge in [0.05, 0.1) is 15.8 Å². The molecule has 3 heterocycles. The number of amides is 1. The van der Waals surface area contributed by atoms with Gasteiger partial charge in [0.25, 0.3) is 5.91 Å². The fourth-order valence-electron chi connectivity index (χ4n) is 4.08. The second-order valence-corrected chi connectivity index (χ2v) is 9.94. The lowest BCUT2D eigenvalue weighted by molar-refractivity contribution is 0.0951.